The molecule has 4 heteroatoms. The van der Waals surface area contributed by atoms with Crippen molar-refractivity contribution in [3.63, 3.8) is 0 Å². The van der Waals surface area contributed by atoms with Crippen molar-refractivity contribution in [1.82, 2.24) is 5.32 Å². The average molecular weight is 291 g/mol. The number of carboxylic acid groups (broad SMARTS) is 1. The maximum absolute atomic E-state index is 10.9. The van der Waals surface area contributed by atoms with Crippen molar-refractivity contribution in [2.45, 2.75) is 45.6 Å². The molecule has 1 aliphatic carbocycles. The van der Waals surface area contributed by atoms with Crippen LogP contribution < -0.4 is 10.1 Å². The number of carboxylic acids is 1. The molecular weight excluding hydrogens is 266 g/mol. The van der Waals surface area contributed by atoms with E-state index in [1.54, 1.807) is 24.3 Å². The van der Waals surface area contributed by atoms with E-state index in [9.17, 15) is 4.79 Å². The summed E-state index contributed by atoms with van der Waals surface area (Å²) in [5.41, 5.74) is 0.751. The van der Waals surface area contributed by atoms with Crippen LogP contribution >= 0.6 is 0 Å². The second-order valence-electron chi connectivity index (χ2n) is 6.57. The van der Waals surface area contributed by atoms with E-state index in [0.717, 1.165) is 6.54 Å². The Hall–Kier alpha value is -1.55. The number of nitrogens with one attached hydrogen (secondary N) is 1. The van der Waals surface area contributed by atoms with Gasteiger partial charge in [0, 0.05) is 12.6 Å². The van der Waals surface area contributed by atoms with Crippen LogP contribution in [0, 0.1) is 5.41 Å². The predicted molar refractivity (Wildman–Crippen MR) is 82.9 cm³/mol. The Morgan fingerprint density at radius 2 is 2.10 bits per heavy atom. The second-order valence-corrected chi connectivity index (χ2v) is 6.57. The van der Waals surface area contributed by atoms with Crippen LogP contribution in [0.5, 0.6) is 5.75 Å². The van der Waals surface area contributed by atoms with Crippen molar-refractivity contribution >= 4 is 5.97 Å². The first-order valence-corrected chi connectivity index (χ1v) is 7.66. The molecule has 0 amide bonds. The molecule has 0 saturated heterocycles. The topological polar surface area (TPSA) is 58.6 Å². The van der Waals surface area contributed by atoms with Gasteiger partial charge in [-0.1, -0.05) is 19.9 Å². The van der Waals surface area contributed by atoms with Crippen molar-refractivity contribution in [1.29, 1.82) is 0 Å². The van der Waals surface area contributed by atoms with E-state index in [2.05, 4.69) is 19.2 Å². The molecule has 1 aromatic rings. The smallest absolute Gasteiger partial charge is 0.335 e. The van der Waals surface area contributed by atoms with E-state index in [0.29, 0.717) is 23.8 Å². The van der Waals surface area contributed by atoms with E-state index in [4.69, 9.17) is 9.84 Å². The first-order valence-electron chi connectivity index (χ1n) is 7.66. The van der Waals surface area contributed by atoms with Crippen LogP contribution in [0.25, 0.3) is 0 Å². The fourth-order valence-corrected chi connectivity index (χ4v) is 2.75. The number of hydrogen-bond donors (Lipinski definition) is 2. The van der Waals surface area contributed by atoms with Gasteiger partial charge in [0.25, 0.3) is 0 Å². The van der Waals surface area contributed by atoms with Gasteiger partial charge in [-0.3, -0.25) is 0 Å². The van der Waals surface area contributed by atoms with Crippen LogP contribution in [0.15, 0.2) is 24.3 Å². The number of hydrogen-bond acceptors (Lipinski definition) is 3. The highest BCUT2D eigenvalue weighted by Crippen LogP contribution is 2.34. The Kier molecular flexibility index (Phi) is 5.23. The molecular formula is C17H25NO3. The molecule has 21 heavy (non-hydrogen) atoms. The Morgan fingerprint density at radius 3 is 2.76 bits per heavy atom. The van der Waals surface area contributed by atoms with Crippen molar-refractivity contribution in [3.05, 3.63) is 29.8 Å². The monoisotopic (exact) mass is 291 g/mol. The zero-order valence-electron chi connectivity index (χ0n) is 12.9. The van der Waals surface area contributed by atoms with Gasteiger partial charge in [0.15, 0.2) is 0 Å². The Bertz CT molecular complexity index is 475. The first kappa shape index (κ1) is 15.8. The number of carbonyl (C=O) groups is 1. The third kappa shape index (κ3) is 5.05. The van der Waals surface area contributed by atoms with Gasteiger partial charge in [0.1, 0.15) is 12.4 Å². The molecule has 1 saturated carbocycles. The van der Waals surface area contributed by atoms with E-state index < -0.39 is 5.97 Å². The lowest BCUT2D eigenvalue weighted by molar-refractivity contribution is 0.0696. The molecule has 0 bridgehead atoms. The minimum atomic E-state index is -0.927. The molecule has 0 spiro atoms. The van der Waals surface area contributed by atoms with Crippen LogP contribution in [-0.4, -0.2) is 30.3 Å². The highest BCUT2D eigenvalue weighted by molar-refractivity contribution is 5.87. The molecule has 1 aromatic carbocycles. The van der Waals surface area contributed by atoms with Crippen molar-refractivity contribution < 1.29 is 14.6 Å². The molecule has 1 aliphatic rings. The SMILES string of the molecule is CC1(C)CCC(NCCOc2cccc(C(=O)O)c2)CC1. The van der Waals surface area contributed by atoms with Crippen molar-refractivity contribution in [3.8, 4) is 5.75 Å². The van der Waals surface area contributed by atoms with Gasteiger partial charge in [-0.25, -0.2) is 4.79 Å². The second kappa shape index (κ2) is 6.94. The van der Waals surface area contributed by atoms with Gasteiger partial charge in [0.05, 0.1) is 5.56 Å². The van der Waals surface area contributed by atoms with Gasteiger partial charge in [-0.05, 0) is 49.3 Å². The molecule has 2 rings (SSSR count). The molecule has 116 valence electrons. The third-order valence-electron chi connectivity index (χ3n) is 4.22. The fourth-order valence-electron chi connectivity index (χ4n) is 2.75. The van der Waals surface area contributed by atoms with Gasteiger partial charge in [0.2, 0.25) is 0 Å². The summed E-state index contributed by atoms with van der Waals surface area (Å²) in [5, 5.41) is 12.5. The summed E-state index contributed by atoms with van der Waals surface area (Å²) in [4.78, 5) is 10.9. The lowest BCUT2D eigenvalue weighted by atomic mass is 9.75. The molecule has 4 nitrogen and oxygen atoms in total. The summed E-state index contributed by atoms with van der Waals surface area (Å²) >= 11 is 0. The molecule has 0 heterocycles. The van der Waals surface area contributed by atoms with Gasteiger partial charge < -0.3 is 15.2 Å². The van der Waals surface area contributed by atoms with Crippen LogP contribution in [0.4, 0.5) is 0 Å². The maximum atomic E-state index is 10.9. The van der Waals surface area contributed by atoms with E-state index in [-0.39, 0.29) is 5.56 Å². The highest BCUT2D eigenvalue weighted by Gasteiger charge is 2.26. The summed E-state index contributed by atoms with van der Waals surface area (Å²) in [6, 6.07) is 7.21. The summed E-state index contributed by atoms with van der Waals surface area (Å²) in [6.07, 6.45) is 4.99. The molecule has 0 unspecified atom stereocenters. The number of benzene rings is 1. The van der Waals surface area contributed by atoms with E-state index in [1.165, 1.54) is 25.7 Å². The standard InChI is InChI=1S/C17H25NO3/c1-17(2)8-6-14(7-9-17)18-10-11-21-15-5-3-4-13(12-15)16(19)20/h3-5,12,14,18H,6-11H2,1-2H3,(H,19,20). The van der Waals surface area contributed by atoms with Gasteiger partial charge in [-0.15, -0.1) is 0 Å². The maximum Gasteiger partial charge on any atom is 0.335 e. The van der Waals surface area contributed by atoms with E-state index >= 15 is 0 Å². The fraction of sp³-hybridized carbons (Fsp3) is 0.588. The van der Waals surface area contributed by atoms with Crippen LogP contribution in [-0.2, 0) is 0 Å². The average Bonchev–Trinajstić information content (AvgIpc) is 2.45. The zero-order valence-corrected chi connectivity index (χ0v) is 12.9. The summed E-state index contributed by atoms with van der Waals surface area (Å²) in [5.74, 6) is -0.315. The van der Waals surface area contributed by atoms with E-state index in [1.807, 2.05) is 0 Å². The zero-order chi connectivity index (χ0) is 15.3. The minimum absolute atomic E-state index is 0.259. The molecule has 0 atom stereocenters. The summed E-state index contributed by atoms with van der Waals surface area (Å²) in [7, 11) is 0. The van der Waals surface area contributed by atoms with Gasteiger partial charge >= 0.3 is 5.97 Å². The number of aromatic carboxylic acids is 1. The van der Waals surface area contributed by atoms with Gasteiger partial charge in [-0.2, -0.15) is 0 Å². The first-order chi connectivity index (χ1) is 9.96. The number of ether oxygens (including phenoxy) is 1. The minimum Gasteiger partial charge on any atom is -0.492 e. The molecule has 2 N–H and O–H groups in total. The quantitative estimate of drug-likeness (QED) is 0.789. The van der Waals surface area contributed by atoms with Crippen LogP contribution in [0.2, 0.25) is 0 Å². The highest BCUT2D eigenvalue weighted by atomic mass is 16.5. The van der Waals surface area contributed by atoms with Crippen LogP contribution in [0.1, 0.15) is 49.9 Å². The summed E-state index contributed by atoms with van der Waals surface area (Å²) < 4.78 is 5.60. The molecule has 0 radical (unpaired) electrons. The largest absolute Gasteiger partial charge is 0.492 e. The Labute approximate surface area is 126 Å². The normalized spacial score (nSPS) is 18.4. The Morgan fingerprint density at radius 1 is 1.38 bits per heavy atom. The Balaban J connectivity index is 1.68. The summed E-state index contributed by atoms with van der Waals surface area (Å²) in [6.45, 7) is 6.02. The van der Waals surface area contributed by atoms with Crippen molar-refractivity contribution in [2.24, 2.45) is 5.41 Å². The van der Waals surface area contributed by atoms with Crippen LogP contribution in [0.3, 0.4) is 0 Å². The molecule has 1 fully saturated rings. The third-order valence-corrected chi connectivity index (χ3v) is 4.22. The molecule has 0 aromatic heterocycles. The lowest BCUT2D eigenvalue weighted by Gasteiger charge is -2.34. The number of rotatable bonds is 6. The predicted octanol–water partition coefficient (Wildman–Crippen LogP) is 3.32. The van der Waals surface area contributed by atoms with Crippen molar-refractivity contribution in [2.75, 3.05) is 13.2 Å². The molecule has 0 aliphatic heterocycles. The lowest BCUT2D eigenvalue weighted by Crippen LogP contribution is -2.37.